The molecule has 7 nitrogen and oxygen atoms in total. The minimum absolute atomic E-state index is 0.177. The van der Waals surface area contributed by atoms with E-state index >= 15 is 0 Å². The lowest BCUT2D eigenvalue weighted by Crippen LogP contribution is -2.48. The number of rotatable bonds is 4. The predicted octanol–water partition coefficient (Wildman–Crippen LogP) is 1.70. The molecule has 1 aromatic carbocycles. The molecule has 1 aliphatic rings. The van der Waals surface area contributed by atoms with Crippen LogP contribution < -0.4 is 4.90 Å². The number of hydrogen-bond acceptors (Lipinski definition) is 6. The molecule has 2 heterocycles. The first-order valence-corrected chi connectivity index (χ1v) is 9.06. The number of aromatic nitrogens is 2. The molecule has 0 spiro atoms. The molecule has 1 aliphatic heterocycles. The number of hydrogen-bond donors (Lipinski definition) is 0. The first kappa shape index (κ1) is 15.9. The van der Waals surface area contributed by atoms with Crippen LogP contribution in [0.4, 0.5) is 6.01 Å². The second-order valence-electron chi connectivity index (χ2n) is 5.78. The standard InChI is InChI=1S/C15H20N4O3S/c1-12(2)14-16-17-15(22-14)18-8-10-19(11-9-18)23(20,21)13-6-4-3-5-7-13/h3-7,12H,8-11H2,1-2H3. The molecule has 0 saturated carbocycles. The Kier molecular flexibility index (Phi) is 4.36. The number of anilines is 1. The van der Waals surface area contributed by atoms with Gasteiger partial charge in [0.25, 0.3) is 0 Å². The maximum atomic E-state index is 12.6. The molecule has 0 amide bonds. The van der Waals surface area contributed by atoms with Gasteiger partial charge < -0.3 is 9.32 Å². The van der Waals surface area contributed by atoms with E-state index < -0.39 is 10.0 Å². The number of benzene rings is 1. The molecule has 0 aliphatic carbocycles. The summed E-state index contributed by atoms with van der Waals surface area (Å²) in [6, 6.07) is 8.97. The number of sulfonamides is 1. The minimum atomic E-state index is -3.44. The van der Waals surface area contributed by atoms with Gasteiger partial charge in [-0.2, -0.15) is 4.31 Å². The molecule has 23 heavy (non-hydrogen) atoms. The van der Waals surface area contributed by atoms with Gasteiger partial charge in [-0.05, 0) is 12.1 Å². The summed E-state index contributed by atoms with van der Waals surface area (Å²) in [4.78, 5) is 2.25. The Morgan fingerprint density at radius 3 is 2.26 bits per heavy atom. The van der Waals surface area contributed by atoms with E-state index in [1.54, 1.807) is 30.3 Å². The third-order valence-corrected chi connectivity index (χ3v) is 5.73. The zero-order valence-corrected chi connectivity index (χ0v) is 14.0. The zero-order valence-electron chi connectivity index (χ0n) is 13.2. The molecular weight excluding hydrogens is 316 g/mol. The van der Waals surface area contributed by atoms with Crippen LogP contribution >= 0.6 is 0 Å². The van der Waals surface area contributed by atoms with Crippen LogP contribution in [-0.2, 0) is 10.0 Å². The van der Waals surface area contributed by atoms with Gasteiger partial charge in [-0.1, -0.05) is 37.1 Å². The van der Waals surface area contributed by atoms with Gasteiger partial charge in [0.1, 0.15) is 0 Å². The van der Waals surface area contributed by atoms with Gasteiger partial charge in [-0.15, -0.1) is 5.10 Å². The Morgan fingerprint density at radius 1 is 1.04 bits per heavy atom. The summed E-state index contributed by atoms with van der Waals surface area (Å²) in [6.07, 6.45) is 0. The molecular formula is C15H20N4O3S. The summed E-state index contributed by atoms with van der Waals surface area (Å²) in [5, 5.41) is 8.06. The van der Waals surface area contributed by atoms with Crippen LogP contribution in [0, 0.1) is 0 Å². The monoisotopic (exact) mass is 336 g/mol. The van der Waals surface area contributed by atoms with E-state index in [1.165, 1.54) is 4.31 Å². The molecule has 3 rings (SSSR count). The van der Waals surface area contributed by atoms with Crippen molar-refractivity contribution in [2.24, 2.45) is 0 Å². The first-order valence-electron chi connectivity index (χ1n) is 7.62. The fourth-order valence-electron chi connectivity index (χ4n) is 2.45. The first-order chi connectivity index (χ1) is 11.0. The van der Waals surface area contributed by atoms with Crippen molar-refractivity contribution in [3.8, 4) is 0 Å². The van der Waals surface area contributed by atoms with Crippen molar-refractivity contribution < 1.29 is 12.8 Å². The highest BCUT2D eigenvalue weighted by Gasteiger charge is 2.30. The van der Waals surface area contributed by atoms with Crippen LogP contribution in [0.15, 0.2) is 39.6 Å². The van der Waals surface area contributed by atoms with Crippen molar-refractivity contribution in [2.45, 2.75) is 24.7 Å². The topological polar surface area (TPSA) is 79.5 Å². The molecule has 0 bridgehead atoms. The number of piperazine rings is 1. The van der Waals surface area contributed by atoms with Gasteiger partial charge in [0, 0.05) is 32.1 Å². The fraction of sp³-hybridized carbons (Fsp3) is 0.467. The fourth-order valence-corrected chi connectivity index (χ4v) is 3.89. The van der Waals surface area contributed by atoms with Gasteiger partial charge in [0.05, 0.1) is 4.90 Å². The lowest BCUT2D eigenvalue weighted by atomic mass is 10.2. The average Bonchev–Trinajstić information content (AvgIpc) is 3.06. The van der Waals surface area contributed by atoms with E-state index in [2.05, 4.69) is 10.2 Å². The molecule has 0 atom stereocenters. The zero-order chi connectivity index (χ0) is 16.4. The van der Waals surface area contributed by atoms with Crippen molar-refractivity contribution in [1.29, 1.82) is 0 Å². The van der Waals surface area contributed by atoms with E-state index in [0.717, 1.165) is 0 Å². The summed E-state index contributed by atoms with van der Waals surface area (Å²) in [7, 11) is -3.44. The Labute approximate surface area is 136 Å². The smallest absolute Gasteiger partial charge is 0.318 e. The van der Waals surface area contributed by atoms with Crippen molar-refractivity contribution in [3.63, 3.8) is 0 Å². The Bertz CT molecular complexity index is 750. The Hall–Kier alpha value is -1.93. The summed E-state index contributed by atoms with van der Waals surface area (Å²) in [5.74, 6) is 0.773. The van der Waals surface area contributed by atoms with Crippen LogP contribution in [-0.4, -0.2) is 49.1 Å². The van der Waals surface area contributed by atoms with Gasteiger partial charge in [-0.3, -0.25) is 0 Å². The summed E-state index contributed by atoms with van der Waals surface area (Å²) in [6.45, 7) is 5.84. The molecule has 0 radical (unpaired) electrons. The SMILES string of the molecule is CC(C)c1nnc(N2CCN(S(=O)(=O)c3ccccc3)CC2)o1. The van der Waals surface area contributed by atoms with Crippen molar-refractivity contribution in [3.05, 3.63) is 36.2 Å². The van der Waals surface area contributed by atoms with Crippen molar-refractivity contribution in [1.82, 2.24) is 14.5 Å². The molecule has 0 N–H and O–H groups in total. The van der Waals surface area contributed by atoms with Crippen LogP contribution in [0.1, 0.15) is 25.7 Å². The highest BCUT2D eigenvalue weighted by atomic mass is 32.2. The third kappa shape index (κ3) is 3.23. The summed E-state index contributed by atoms with van der Waals surface area (Å²) < 4.78 is 32.3. The average molecular weight is 336 g/mol. The highest BCUT2D eigenvalue weighted by molar-refractivity contribution is 7.89. The largest absolute Gasteiger partial charge is 0.408 e. The number of nitrogens with zero attached hydrogens (tertiary/aromatic N) is 4. The highest BCUT2D eigenvalue weighted by Crippen LogP contribution is 2.22. The van der Waals surface area contributed by atoms with Crippen LogP contribution in [0.3, 0.4) is 0 Å². The van der Waals surface area contributed by atoms with Gasteiger partial charge >= 0.3 is 6.01 Å². The van der Waals surface area contributed by atoms with Crippen LogP contribution in [0.25, 0.3) is 0 Å². The molecule has 8 heteroatoms. The van der Waals surface area contributed by atoms with E-state index in [0.29, 0.717) is 43.0 Å². The Morgan fingerprint density at radius 2 is 1.70 bits per heavy atom. The molecule has 2 aromatic rings. The van der Waals surface area contributed by atoms with Gasteiger partial charge in [0.15, 0.2) is 0 Å². The second-order valence-corrected chi connectivity index (χ2v) is 7.72. The maximum Gasteiger partial charge on any atom is 0.318 e. The second kappa shape index (κ2) is 6.29. The normalized spacial score (nSPS) is 16.9. The van der Waals surface area contributed by atoms with Gasteiger partial charge in [0.2, 0.25) is 15.9 Å². The molecule has 124 valence electrons. The van der Waals surface area contributed by atoms with E-state index in [4.69, 9.17) is 4.42 Å². The maximum absolute atomic E-state index is 12.6. The molecule has 0 unspecified atom stereocenters. The van der Waals surface area contributed by atoms with Crippen LogP contribution in [0.5, 0.6) is 0 Å². The van der Waals surface area contributed by atoms with Crippen molar-refractivity contribution >= 4 is 16.0 Å². The molecule has 1 fully saturated rings. The van der Waals surface area contributed by atoms with E-state index in [9.17, 15) is 8.42 Å². The molecule has 1 saturated heterocycles. The van der Waals surface area contributed by atoms with Crippen LogP contribution in [0.2, 0.25) is 0 Å². The van der Waals surface area contributed by atoms with E-state index in [1.807, 2.05) is 18.7 Å². The summed E-state index contributed by atoms with van der Waals surface area (Å²) >= 11 is 0. The van der Waals surface area contributed by atoms with E-state index in [-0.39, 0.29) is 5.92 Å². The summed E-state index contributed by atoms with van der Waals surface area (Å²) in [5.41, 5.74) is 0. The minimum Gasteiger partial charge on any atom is -0.408 e. The Balaban J connectivity index is 1.68. The van der Waals surface area contributed by atoms with Crippen molar-refractivity contribution in [2.75, 3.05) is 31.1 Å². The predicted molar refractivity (Wildman–Crippen MR) is 85.8 cm³/mol. The lowest BCUT2D eigenvalue weighted by Gasteiger charge is -2.32. The lowest BCUT2D eigenvalue weighted by molar-refractivity contribution is 0.367. The molecule has 1 aromatic heterocycles. The third-order valence-electron chi connectivity index (χ3n) is 3.81. The van der Waals surface area contributed by atoms with Gasteiger partial charge in [-0.25, -0.2) is 8.42 Å². The quantitative estimate of drug-likeness (QED) is 0.845.